The van der Waals surface area contributed by atoms with Crippen LogP contribution in [0, 0.1) is 29.1 Å². The van der Waals surface area contributed by atoms with E-state index in [4.69, 9.17) is 11.5 Å². The van der Waals surface area contributed by atoms with Crippen LogP contribution in [0.2, 0.25) is 0 Å². The van der Waals surface area contributed by atoms with Crippen molar-refractivity contribution in [1.29, 1.82) is 5.26 Å². The first-order chi connectivity index (χ1) is 20.2. The number of hydrogen-bond acceptors (Lipinski definition) is 5. The fourth-order valence-electron chi connectivity index (χ4n) is 6.60. The van der Waals surface area contributed by atoms with Crippen molar-refractivity contribution in [2.45, 2.75) is 106 Å². The molecule has 7 heteroatoms. The van der Waals surface area contributed by atoms with Gasteiger partial charge < -0.3 is 11.5 Å². The molecule has 0 aliphatic rings. The van der Waals surface area contributed by atoms with Gasteiger partial charge in [-0.3, -0.25) is 21.9 Å². The third-order valence-electron chi connectivity index (χ3n) is 8.07. The second-order valence-electron chi connectivity index (χ2n) is 15.8. The number of benzene rings is 3. The number of fused-ring (bicyclic) bond motifs is 1. The topological polar surface area (TPSA) is 159 Å². The van der Waals surface area contributed by atoms with E-state index in [0.29, 0.717) is 17.7 Å². The summed E-state index contributed by atoms with van der Waals surface area (Å²) in [5.74, 6) is 8.00. The highest BCUT2D eigenvalue weighted by Gasteiger charge is 2.30. The van der Waals surface area contributed by atoms with Gasteiger partial charge in [-0.15, -0.1) is 0 Å². The number of hydrogen-bond donors (Lipinski definition) is 6. The van der Waals surface area contributed by atoms with Crippen LogP contribution in [-0.2, 0) is 17.3 Å². The lowest BCUT2D eigenvalue weighted by Crippen LogP contribution is -2.25. The zero-order valence-electron chi connectivity index (χ0n) is 29.0. The zero-order chi connectivity index (χ0) is 33.7. The third-order valence-corrected chi connectivity index (χ3v) is 8.07. The summed E-state index contributed by atoms with van der Waals surface area (Å²) < 4.78 is 0. The fourth-order valence-corrected chi connectivity index (χ4v) is 6.60. The summed E-state index contributed by atoms with van der Waals surface area (Å²) in [6, 6.07) is 19.1. The number of aromatic amines is 2. The standard InChI is InChI=1S/C31H47N3.C6H6N2.H4N2/c1-20-21(13-23(15-26(20)33)30(8,9)18-28(2,3)4)12-22-14-24(16-27(34)25(22)17-32)31(10,11)19-29(5,6)7;1-2-4-6-5(3-1)7-8-6;1-2/h13-16H,12,18-19,33-34H2,1-11H3;1-4,7-8H;1-2H2. The average molecular weight is 600 g/mol. The maximum atomic E-state index is 9.94. The molecule has 0 radical (unpaired) electrons. The van der Waals surface area contributed by atoms with Crippen molar-refractivity contribution < 1.29 is 0 Å². The van der Waals surface area contributed by atoms with Gasteiger partial charge in [-0.25, -0.2) is 0 Å². The Bertz CT molecular complexity index is 1530. The minimum absolute atomic E-state index is 0.0115. The van der Waals surface area contributed by atoms with E-state index in [1.807, 2.05) is 30.3 Å². The Labute approximate surface area is 265 Å². The minimum Gasteiger partial charge on any atom is -0.398 e. The second kappa shape index (κ2) is 13.9. The van der Waals surface area contributed by atoms with Gasteiger partial charge in [0.1, 0.15) is 6.07 Å². The molecule has 44 heavy (non-hydrogen) atoms. The van der Waals surface area contributed by atoms with Gasteiger partial charge in [-0.2, -0.15) is 5.26 Å². The SMILES string of the molecule is Cc1c(N)cc(C(C)(C)CC(C)(C)C)cc1Cc1cc(C(C)(C)CC(C)(C)C)cc(N)c1C#N.NN.c1ccc2[nH][nH]c2c1. The molecule has 0 bridgehead atoms. The summed E-state index contributed by atoms with van der Waals surface area (Å²) >= 11 is 0. The van der Waals surface area contributed by atoms with E-state index >= 15 is 0 Å². The van der Waals surface area contributed by atoms with Gasteiger partial charge in [0.25, 0.3) is 0 Å². The molecule has 0 spiro atoms. The van der Waals surface area contributed by atoms with Crippen LogP contribution in [0.3, 0.4) is 0 Å². The number of nitrogens with two attached hydrogens (primary N) is 4. The molecule has 1 heterocycles. The van der Waals surface area contributed by atoms with Gasteiger partial charge >= 0.3 is 0 Å². The summed E-state index contributed by atoms with van der Waals surface area (Å²) in [6.45, 7) is 24.8. The molecule has 4 rings (SSSR count). The van der Waals surface area contributed by atoms with Crippen LogP contribution in [0.4, 0.5) is 11.4 Å². The Morgan fingerprint density at radius 1 is 0.659 bits per heavy atom. The summed E-state index contributed by atoms with van der Waals surface area (Å²) in [5.41, 5.74) is 23.3. The normalized spacial score (nSPS) is 12.2. The lowest BCUT2D eigenvalue weighted by molar-refractivity contribution is 0.283. The molecule has 7 nitrogen and oxygen atoms in total. The van der Waals surface area contributed by atoms with Gasteiger partial charge in [-0.05, 0) is 99.9 Å². The molecule has 0 saturated heterocycles. The number of para-hydroxylation sites is 2. The highest BCUT2D eigenvalue weighted by atomic mass is 15.1. The van der Waals surface area contributed by atoms with Gasteiger partial charge in [0.15, 0.2) is 0 Å². The average Bonchev–Trinajstić information content (AvgIpc) is 2.86. The molecule has 0 aliphatic heterocycles. The zero-order valence-corrected chi connectivity index (χ0v) is 29.0. The molecule has 1 aromatic heterocycles. The molecule has 0 amide bonds. The van der Waals surface area contributed by atoms with E-state index in [1.165, 1.54) is 27.7 Å². The molecule has 4 aromatic rings. The van der Waals surface area contributed by atoms with E-state index in [1.54, 1.807) is 0 Å². The Balaban J connectivity index is 0.000000566. The Hall–Kier alpha value is -3.73. The Morgan fingerprint density at radius 2 is 1.07 bits per heavy atom. The van der Waals surface area contributed by atoms with Gasteiger partial charge in [-0.1, -0.05) is 93.5 Å². The molecule has 3 aromatic carbocycles. The van der Waals surface area contributed by atoms with Crippen LogP contribution in [0.15, 0.2) is 48.5 Å². The van der Waals surface area contributed by atoms with Crippen molar-refractivity contribution in [3.8, 4) is 6.07 Å². The summed E-state index contributed by atoms with van der Waals surface area (Å²) in [6.07, 6.45) is 2.71. The quantitative estimate of drug-likeness (QED) is 0.0745. The maximum Gasteiger partial charge on any atom is 0.102 e. The molecule has 0 atom stereocenters. The molecule has 0 unspecified atom stereocenters. The van der Waals surface area contributed by atoms with Gasteiger partial charge in [0, 0.05) is 5.69 Å². The lowest BCUT2D eigenvalue weighted by atomic mass is 9.71. The van der Waals surface area contributed by atoms with Crippen LogP contribution in [0.25, 0.3) is 11.0 Å². The first kappa shape index (κ1) is 36.5. The Kier molecular flexibility index (Phi) is 11.5. The van der Waals surface area contributed by atoms with Crippen LogP contribution < -0.4 is 23.2 Å². The molecule has 0 fully saturated rings. The van der Waals surface area contributed by atoms with Crippen molar-refractivity contribution in [1.82, 2.24) is 10.2 Å². The Morgan fingerprint density at radius 3 is 1.43 bits per heavy atom. The van der Waals surface area contributed by atoms with Crippen LogP contribution >= 0.6 is 0 Å². The maximum absolute atomic E-state index is 9.94. The lowest BCUT2D eigenvalue weighted by Gasteiger charge is -2.34. The number of aromatic nitrogens is 2. The van der Waals surface area contributed by atoms with Crippen molar-refractivity contribution in [3.63, 3.8) is 0 Å². The van der Waals surface area contributed by atoms with Gasteiger partial charge in [0.2, 0.25) is 0 Å². The largest absolute Gasteiger partial charge is 0.398 e. The highest BCUT2D eigenvalue weighted by Crippen LogP contribution is 2.40. The first-order valence-electron chi connectivity index (χ1n) is 15.4. The second-order valence-corrected chi connectivity index (χ2v) is 15.8. The summed E-state index contributed by atoms with van der Waals surface area (Å²) in [5, 5.41) is 15.8. The smallest absolute Gasteiger partial charge is 0.102 e. The number of nitrogens with zero attached hydrogens (tertiary/aromatic N) is 1. The van der Waals surface area contributed by atoms with Crippen molar-refractivity contribution >= 4 is 22.4 Å². The van der Waals surface area contributed by atoms with Crippen molar-refractivity contribution in [2.24, 2.45) is 22.5 Å². The number of hydrazine groups is 1. The summed E-state index contributed by atoms with van der Waals surface area (Å²) in [7, 11) is 0. The third kappa shape index (κ3) is 9.64. The predicted octanol–water partition coefficient (Wildman–Crippen LogP) is 8.36. The van der Waals surface area contributed by atoms with Gasteiger partial charge in [0.05, 0.1) is 22.3 Å². The summed E-state index contributed by atoms with van der Waals surface area (Å²) in [4.78, 5) is 0. The van der Waals surface area contributed by atoms with E-state index < -0.39 is 0 Å². The number of anilines is 2. The van der Waals surface area contributed by atoms with Crippen molar-refractivity contribution in [3.05, 3.63) is 81.9 Å². The van der Waals surface area contributed by atoms with E-state index in [2.05, 4.69) is 122 Å². The molecular formula is C37H57N7. The minimum atomic E-state index is -0.0558. The fraction of sp³-hybridized carbons (Fsp3) is 0.486. The molecule has 0 aliphatic carbocycles. The van der Waals surface area contributed by atoms with E-state index in [9.17, 15) is 5.26 Å². The number of nitrogens with one attached hydrogen (secondary N) is 2. The predicted molar refractivity (Wildman–Crippen MR) is 189 cm³/mol. The molecule has 240 valence electrons. The number of rotatable bonds is 6. The van der Waals surface area contributed by atoms with E-state index in [-0.39, 0.29) is 21.7 Å². The van der Waals surface area contributed by atoms with Crippen LogP contribution in [-0.4, -0.2) is 10.2 Å². The first-order valence-corrected chi connectivity index (χ1v) is 15.4. The number of nitrogen functional groups attached to an aromatic ring is 2. The number of nitriles is 1. The number of H-pyrrole nitrogens is 2. The van der Waals surface area contributed by atoms with Crippen LogP contribution in [0.5, 0.6) is 0 Å². The highest BCUT2D eigenvalue weighted by molar-refractivity contribution is 5.75. The monoisotopic (exact) mass is 599 g/mol. The molecule has 0 saturated carbocycles. The van der Waals surface area contributed by atoms with E-state index in [0.717, 1.165) is 29.7 Å². The molecular weight excluding hydrogens is 542 g/mol. The van der Waals surface area contributed by atoms with Crippen LogP contribution in [0.1, 0.15) is 115 Å². The molecule has 10 N–H and O–H groups in total. The van der Waals surface area contributed by atoms with Crippen molar-refractivity contribution in [2.75, 3.05) is 11.5 Å².